The van der Waals surface area contributed by atoms with Crippen LogP contribution < -0.4 is 34.3 Å². The van der Waals surface area contributed by atoms with Crippen molar-refractivity contribution in [1.29, 1.82) is 0 Å². The molecule has 0 amide bonds. The van der Waals surface area contributed by atoms with Gasteiger partial charge in [-0.2, -0.15) is 9.46 Å². The summed E-state index contributed by atoms with van der Waals surface area (Å²) in [5, 5.41) is 23.8. The molecular weight excluding hydrogens is 452 g/mol. The Labute approximate surface area is 171 Å². The predicted octanol–water partition coefficient (Wildman–Crippen LogP) is -4.62. The molecule has 9 heteroatoms. The second-order valence-corrected chi connectivity index (χ2v) is 5.07. The molecule has 0 saturated heterocycles. The van der Waals surface area contributed by atoms with Crippen LogP contribution in [0.25, 0.3) is 0 Å². The molecule has 0 aliphatic heterocycles. The van der Waals surface area contributed by atoms with Gasteiger partial charge in [-0.1, -0.05) is 0 Å². The molecule has 0 bridgehead atoms. The number of rotatable bonds is 3. The minimum atomic E-state index is 0. The van der Waals surface area contributed by atoms with Gasteiger partial charge in [-0.15, -0.1) is 0 Å². The first-order valence-electron chi connectivity index (χ1n) is 4.48. The Morgan fingerprint density at radius 3 is 1.42 bits per heavy atom. The van der Waals surface area contributed by atoms with E-state index in [4.69, 9.17) is 0 Å². The molecule has 2 aromatic rings. The van der Waals surface area contributed by atoms with E-state index in [2.05, 4.69) is 0 Å². The van der Waals surface area contributed by atoms with Crippen LogP contribution in [0.1, 0.15) is 0 Å². The minimum Gasteiger partial charge on any atom is -1.00 e. The Morgan fingerprint density at radius 1 is 0.737 bits per heavy atom. The average Bonchev–Trinajstić information content (AvgIpc) is 2.30. The Hall–Kier alpha value is 0.751. The molecule has 19 heavy (non-hydrogen) atoms. The van der Waals surface area contributed by atoms with Crippen molar-refractivity contribution in [3.63, 3.8) is 0 Å². The van der Waals surface area contributed by atoms with Crippen LogP contribution in [-0.4, -0.2) is 48.9 Å². The Kier molecular flexibility index (Phi) is 13.2. The molecule has 98 valence electrons. The monoisotopic (exact) mass is 460 g/mol. The molecule has 2 rings (SSSR count). The first kappa shape index (κ1) is 22.0. The van der Waals surface area contributed by atoms with Crippen molar-refractivity contribution in [2.75, 3.05) is 0 Å². The molecule has 0 aliphatic carbocycles. The minimum absolute atomic E-state index is 0. The second kappa shape index (κ2) is 11.4. The number of hydrogen-bond donors (Lipinski definition) is 0. The van der Waals surface area contributed by atoms with Gasteiger partial charge >= 0.3 is 48.9 Å². The molecule has 0 unspecified atom stereocenters. The van der Waals surface area contributed by atoms with E-state index in [9.17, 15) is 10.4 Å². The fourth-order valence-electron chi connectivity index (χ4n) is 1.04. The maximum atomic E-state index is 11.3. The third-order valence-electron chi connectivity index (χ3n) is 1.79. The number of halogens is 2. The summed E-state index contributed by atoms with van der Waals surface area (Å²) < 4.78 is 1.55. The zero-order valence-electron chi connectivity index (χ0n) is 9.61. The topological polar surface area (TPSA) is 53.9 Å². The van der Waals surface area contributed by atoms with Gasteiger partial charge in [0.2, 0.25) is 0 Å². The van der Waals surface area contributed by atoms with Gasteiger partial charge in [0.05, 0.1) is 0 Å². The van der Waals surface area contributed by atoms with Gasteiger partial charge in [-0.25, -0.2) is 0 Å². The van der Waals surface area contributed by atoms with Crippen molar-refractivity contribution in [2.24, 2.45) is 0 Å². The Bertz CT molecular complexity index is 463. The molecule has 2 aromatic heterocycles. The van der Waals surface area contributed by atoms with Gasteiger partial charge in [0.1, 0.15) is 0 Å². The van der Waals surface area contributed by atoms with E-state index in [0.29, 0.717) is 10.1 Å². The maximum absolute atomic E-state index is 11.3. The standard InChI is InChI=1S/C10H8N2O2S2.Ba.2ClH/c13-11-7-3-1-5-9(11)15-16-10-6-2-4-8-12(10)14;;;/h1-8H;;2*1H/q;+2;;/p-2. The molecule has 0 fully saturated rings. The second-order valence-electron chi connectivity index (χ2n) is 2.90. The van der Waals surface area contributed by atoms with Crippen LogP contribution in [0, 0.1) is 10.4 Å². The molecule has 0 N–H and O–H groups in total. The van der Waals surface area contributed by atoms with E-state index in [0.717, 1.165) is 9.46 Å². The number of pyridine rings is 2. The van der Waals surface area contributed by atoms with Gasteiger partial charge < -0.3 is 35.2 Å². The smallest absolute Gasteiger partial charge is 1.00 e. The SMILES string of the molecule is [Ba+2].[Cl-].[Cl-].[O-][n+]1ccccc1SSc1cccc[n+]1[O-]. The van der Waals surface area contributed by atoms with Crippen LogP contribution in [0.15, 0.2) is 58.8 Å². The fraction of sp³-hybridized carbons (Fsp3) is 0. The van der Waals surface area contributed by atoms with E-state index in [1.54, 1.807) is 36.4 Å². The Balaban J connectivity index is 0. The van der Waals surface area contributed by atoms with E-state index in [-0.39, 0.29) is 73.7 Å². The summed E-state index contributed by atoms with van der Waals surface area (Å²) in [6.07, 6.45) is 2.86. The van der Waals surface area contributed by atoms with Crippen molar-refractivity contribution in [3.05, 3.63) is 59.2 Å². The molecule has 0 atom stereocenters. The van der Waals surface area contributed by atoms with Crippen molar-refractivity contribution >= 4 is 70.5 Å². The van der Waals surface area contributed by atoms with E-state index < -0.39 is 0 Å². The third kappa shape index (κ3) is 6.83. The van der Waals surface area contributed by atoms with Crippen molar-refractivity contribution in [3.8, 4) is 0 Å². The average molecular weight is 461 g/mol. The summed E-state index contributed by atoms with van der Waals surface area (Å²) in [5.41, 5.74) is 0. The normalized spacial score (nSPS) is 8.63. The van der Waals surface area contributed by atoms with E-state index in [1.807, 2.05) is 0 Å². The molecular formula is C10H8BaCl2N2O2S2. The number of aromatic nitrogens is 2. The van der Waals surface area contributed by atoms with Crippen molar-refractivity contribution < 1.29 is 34.3 Å². The van der Waals surface area contributed by atoms with Crippen LogP contribution in [-0.2, 0) is 0 Å². The number of hydrogen-bond acceptors (Lipinski definition) is 4. The fourth-order valence-corrected chi connectivity index (χ4v) is 3.03. The largest absolute Gasteiger partial charge is 2.00 e. The number of nitrogens with zero attached hydrogens (tertiary/aromatic N) is 2. The molecule has 0 spiro atoms. The zero-order chi connectivity index (χ0) is 11.4. The molecule has 0 aliphatic rings. The van der Waals surface area contributed by atoms with Crippen LogP contribution in [0.4, 0.5) is 0 Å². The molecule has 0 radical (unpaired) electrons. The molecule has 4 nitrogen and oxygen atoms in total. The van der Waals surface area contributed by atoms with Crippen LogP contribution in [0.3, 0.4) is 0 Å². The summed E-state index contributed by atoms with van der Waals surface area (Å²) in [5.74, 6) is 0. The summed E-state index contributed by atoms with van der Waals surface area (Å²) in [7, 11) is 2.52. The summed E-state index contributed by atoms with van der Waals surface area (Å²) in [4.78, 5) is 0. The van der Waals surface area contributed by atoms with Crippen molar-refractivity contribution in [2.45, 2.75) is 10.1 Å². The van der Waals surface area contributed by atoms with Crippen LogP contribution in [0.5, 0.6) is 0 Å². The first-order chi connectivity index (χ1) is 7.77. The van der Waals surface area contributed by atoms with E-state index >= 15 is 0 Å². The van der Waals surface area contributed by atoms with Crippen LogP contribution in [0.2, 0.25) is 0 Å². The summed E-state index contributed by atoms with van der Waals surface area (Å²) in [6, 6.07) is 10.3. The third-order valence-corrected chi connectivity index (χ3v) is 4.12. The molecule has 0 saturated carbocycles. The van der Waals surface area contributed by atoms with Crippen LogP contribution >= 0.6 is 21.6 Å². The van der Waals surface area contributed by atoms with Gasteiger partial charge in [0.25, 0.3) is 10.1 Å². The van der Waals surface area contributed by atoms with Crippen molar-refractivity contribution in [1.82, 2.24) is 0 Å². The summed E-state index contributed by atoms with van der Waals surface area (Å²) in [6.45, 7) is 0. The van der Waals surface area contributed by atoms with Gasteiger partial charge in [-0.05, 0) is 12.1 Å². The maximum Gasteiger partial charge on any atom is 2.00 e. The molecule has 2 heterocycles. The molecule has 0 aromatic carbocycles. The first-order valence-corrected chi connectivity index (χ1v) is 6.63. The van der Waals surface area contributed by atoms with Gasteiger partial charge in [0.15, 0.2) is 12.4 Å². The summed E-state index contributed by atoms with van der Waals surface area (Å²) >= 11 is 0. The van der Waals surface area contributed by atoms with E-state index in [1.165, 1.54) is 34.0 Å². The quantitative estimate of drug-likeness (QED) is 0.200. The van der Waals surface area contributed by atoms with Gasteiger partial charge in [-0.3, -0.25) is 0 Å². The Morgan fingerprint density at radius 2 is 1.11 bits per heavy atom. The van der Waals surface area contributed by atoms with Gasteiger partial charge in [0, 0.05) is 45.9 Å². The predicted molar refractivity (Wildman–Crippen MR) is 68.3 cm³/mol. The zero-order valence-corrected chi connectivity index (χ0v) is 17.2.